The monoisotopic (exact) mass is 167 g/mol. The molecule has 0 aromatic carbocycles. The summed E-state index contributed by atoms with van der Waals surface area (Å²) in [6.45, 7) is 5.02. The summed E-state index contributed by atoms with van der Waals surface area (Å²) in [6, 6.07) is -0.322. The van der Waals surface area contributed by atoms with Crippen LogP contribution in [0, 0.1) is 5.41 Å². The van der Waals surface area contributed by atoms with Crippen molar-refractivity contribution in [2.45, 2.75) is 33.2 Å². The maximum atomic E-state index is 10.4. The Labute approximate surface area is 89.6 Å². The fraction of sp³-hybridized carbons (Fsp3) is 0.857. The van der Waals surface area contributed by atoms with Gasteiger partial charge in [0.05, 0.1) is 0 Å². The quantitative estimate of drug-likeness (QED) is 0.444. The van der Waals surface area contributed by atoms with Crippen LogP contribution in [0.2, 0.25) is 0 Å². The van der Waals surface area contributed by atoms with Gasteiger partial charge in [-0.1, -0.05) is 20.8 Å². The van der Waals surface area contributed by atoms with E-state index in [9.17, 15) is 9.90 Å². The zero-order chi connectivity index (χ0) is 8.36. The number of aliphatic carboxylic acids is 1. The summed E-state index contributed by atoms with van der Waals surface area (Å²) in [5, 5.41) is 10.4. The Kier molecular flexibility index (Phi) is 6.54. The normalized spacial score (nSPS) is 13.5. The van der Waals surface area contributed by atoms with Crippen molar-refractivity contribution in [1.82, 2.24) is 0 Å². The average molecular weight is 167 g/mol. The van der Waals surface area contributed by atoms with Crippen molar-refractivity contribution in [2.24, 2.45) is 11.1 Å². The molecule has 11 heavy (non-hydrogen) atoms. The largest absolute Gasteiger partial charge is 1.00 e. The minimum atomic E-state index is -1.08. The van der Waals surface area contributed by atoms with E-state index < -0.39 is 11.4 Å². The smallest absolute Gasteiger partial charge is 0.550 e. The second-order valence-electron chi connectivity index (χ2n) is 3.02. The molecule has 0 rings (SSSR count). The topological polar surface area (TPSA) is 66.2 Å². The molecular formula is C7H14NNaO2. The number of hydrogen-bond donors (Lipinski definition) is 1. The maximum absolute atomic E-state index is 10.4. The standard InChI is InChI=1S/C7H15NO2.Na/c1-4-5(8)7(2,3)6(9)10;/h5H,4,8H2,1-3H3,(H,9,10);/q;+1/p-1. The summed E-state index contributed by atoms with van der Waals surface area (Å²) >= 11 is 0. The number of nitrogens with two attached hydrogens (primary N) is 1. The molecule has 0 aromatic rings. The molecule has 0 heterocycles. The van der Waals surface area contributed by atoms with E-state index in [1.54, 1.807) is 13.8 Å². The van der Waals surface area contributed by atoms with Crippen molar-refractivity contribution < 1.29 is 39.5 Å². The number of rotatable bonds is 3. The van der Waals surface area contributed by atoms with Gasteiger partial charge >= 0.3 is 29.6 Å². The van der Waals surface area contributed by atoms with Crippen LogP contribution in [0.3, 0.4) is 0 Å². The Morgan fingerprint density at radius 3 is 2.09 bits per heavy atom. The van der Waals surface area contributed by atoms with Gasteiger partial charge in [-0.2, -0.15) is 0 Å². The van der Waals surface area contributed by atoms with Gasteiger partial charge in [0.15, 0.2) is 0 Å². The Bertz CT molecular complexity index is 136. The Morgan fingerprint density at radius 2 is 2.00 bits per heavy atom. The second-order valence-corrected chi connectivity index (χ2v) is 3.02. The molecule has 1 unspecified atom stereocenters. The van der Waals surface area contributed by atoms with Crippen LogP contribution in [0.15, 0.2) is 0 Å². The van der Waals surface area contributed by atoms with Crippen LogP contribution in [-0.4, -0.2) is 12.0 Å². The van der Waals surface area contributed by atoms with Crippen LogP contribution in [0.1, 0.15) is 27.2 Å². The van der Waals surface area contributed by atoms with E-state index in [4.69, 9.17) is 5.73 Å². The van der Waals surface area contributed by atoms with E-state index in [1.165, 1.54) is 0 Å². The van der Waals surface area contributed by atoms with E-state index in [0.29, 0.717) is 6.42 Å². The van der Waals surface area contributed by atoms with Gasteiger partial charge in [-0.15, -0.1) is 0 Å². The molecule has 0 bridgehead atoms. The molecular weight excluding hydrogens is 153 g/mol. The van der Waals surface area contributed by atoms with E-state index in [0.717, 1.165) is 0 Å². The van der Waals surface area contributed by atoms with E-state index in [-0.39, 0.29) is 35.6 Å². The van der Waals surface area contributed by atoms with Gasteiger partial charge in [-0.3, -0.25) is 0 Å². The SMILES string of the molecule is CCC(N)C(C)(C)C(=O)[O-].[Na+]. The van der Waals surface area contributed by atoms with Crippen molar-refractivity contribution >= 4 is 5.97 Å². The molecule has 3 nitrogen and oxygen atoms in total. The molecule has 60 valence electrons. The van der Waals surface area contributed by atoms with Crippen molar-refractivity contribution in [1.29, 1.82) is 0 Å². The summed E-state index contributed by atoms with van der Waals surface area (Å²) in [5.74, 6) is -1.08. The third-order valence-electron chi connectivity index (χ3n) is 1.89. The predicted octanol–water partition coefficient (Wildman–Crippen LogP) is -3.50. The molecule has 0 fully saturated rings. The molecule has 0 aliphatic rings. The van der Waals surface area contributed by atoms with Crippen molar-refractivity contribution in [3.8, 4) is 0 Å². The van der Waals surface area contributed by atoms with Crippen molar-refractivity contribution in [3.05, 3.63) is 0 Å². The first-order valence-electron chi connectivity index (χ1n) is 3.40. The molecule has 2 N–H and O–H groups in total. The van der Waals surface area contributed by atoms with Crippen LogP contribution in [-0.2, 0) is 4.79 Å². The second kappa shape index (κ2) is 5.14. The van der Waals surface area contributed by atoms with Crippen LogP contribution in [0.4, 0.5) is 0 Å². The Morgan fingerprint density at radius 1 is 1.64 bits per heavy atom. The summed E-state index contributed by atoms with van der Waals surface area (Å²) in [7, 11) is 0. The van der Waals surface area contributed by atoms with Crippen LogP contribution in [0.5, 0.6) is 0 Å². The van der Waals surface area contributed by atoms with Crippen molar-refractivity contribution in [3.63, 3.8) is 0 Å². The number of hydrogen-bond acceptors (Lipinski definition) is 3. The first-order chi connectivity index (χ1) is 4.42. The van der Waals surface area contributed by atoms with Gasteiger partial charge in [-0.25, -0.2) is 0 Å². The summed E-state index contributed by atoms with van der Waals surface area (Å²) < 4.78 is 0. The Hall–Kier alpha value is 0.430. The van der Waals surface area contributed by atoms with E-state index in [2.05, 4.69) is 0 Å². The van der Waals surface area contributed by atoms with Gasteiger partial charge < -0.3 is 15.6 Å². The summed E-state index contributed by atoms with van der Waals surface area (Å²) in [5.41, 5.74) is 4.62. The third-order valence-corrected chi connectivity index (χ3v) is 1.89. The minimum absolute atomic E-state index is 0. The molecule has 0 spiro atoms. The molecule has 0 amide bonds. The van der Waals surface area contributed by atoms with Crippen LogP contribution < -0.4 is 40.4 Å². The molecule has 0 aliphatic heterocycles. The van der Waals surface area contributed by atoms with Crippen molar-refractivity contribution in [2.75, 3.05) is 0 Å². The maximum Gasteiger partial charge on any atom is 1.00 e. The average Bonchev–Trinajstić information content (AvgIpc) is 1.86. The number of carbonyl (C=O) groups is 1. The fourth-order valence-electron chi connectivity index (χ4n) is 0.662. The fourth-order valence-corrected chi connectivity index (χ4v) is 0.662. The van der Waals surface area contributed by atoms with E-state index >= 15 is 0 Å². The van der Waals surface area contributed by atoms with Gasteiger partial charge in [-0.05, 0) is 6.42 Å². The summed E-state index contributed by atoms with van der Waals surface area (Å²) in [6.07, 6.45) is 0.654. The van der Waals surface area contributed by atoms with Crippen LogP contribution in [0.25, 0.3) is 0 Å². The third kappa shape index (κ3) is 3.56. The van der Waals surface area contributed by atoms with Gasteiger partial charge in [0.25, 0.3) is 0 Å². The zero-order valence-corrected chi connectivity index (χ0v) is 9.68. The molecule has 0 aliphatic carbocycles. The van der Waals surface area contributed by atoms with Gasteiger partial charge in [0.1, 0.15) is 0 Å². The molecule has 0 aromatic heterocycles. The number of carboxylic acids is 1. The molecule has 0 saturated carbocycles. The molecule has 1 atom stereocenters. The zero-order valence-electron chi connectivity index (χ0n) is 7.68. The van der Waals surface area contributed by atoms with Gasteiger partial charge in [0, 0.05) is 17.4 Å². The number of carbonyl (C=O) groups excluding carboxylic acids is 1. The molecule has 4 heteroatoms. The Balaban J connectivity index is 0. The molecule has 0 radical (unpaired) electrons. The molecule has 0 saturated heterocycles. The van der Waals surface area contributed by atoms with E-state index in [1.807, 2.05) is 6.92 Å². The minimum Gasteiger partial charge on any atom is -0.550 e. The first-order valence-corrected chi connectivity index (χ1v) is 3.40. The first kappa shape index (κ1) is 14.0. The summed E-state index contributed by atoms with van der Waals surface area (Å²) in [4.78, 5) is 10.4. The van der Waals surface area contributed by atoms with Crippen LogP contribution >= 0.6 is 0 Å². The predicted molar refractivity (Wildman–Crippen MR) is 37.1 cm³/mol. The number of carboxylic acid groups (broad SMARTS) is 1. The van der Waals surface area contributed by atoms with Gasteiger partial charge in [0.2, 0.25) is 0 Å².